The maximum absolute atomic E-state index is 13.7. The highest BCUT2D eigenvalue weighted by Crippen LogP contribution is 2.13. The molecule has 4 N–H and O–H groups in total. The summed E-state index contributed by atoms with van der Waals surface area (Å²) in [6.45, 7) is 7.79. The highest BCUT2D eigenvalue weighted by atomic mass is 19.1. The smallest absolute Gasteiger partial charge is 0.245 e. The number of aliphatic hydroxyl groups is 1. The first-order chi connectivity index (χ1) is 12.4. The second kappa shape index (κ2) is 9.45. The second-order valence-corrected chi connectivity index (χ2v) is 7.53. The van der Waals surface area contributed by atoms with Gasteiger partial charge in [0.25, 0.3) is 0 Å². The predicted molar refractivity (Wildman–Crippen MR) is 99.1 cm³/mol. The Morgan fingerprint density at radius 1 is 1.19 bits per heavy atom. The number of aryl methyl sites for hydroxylation is 1. The number of halogens is 1. The maximum atomic E-state index is 13.7. The van der Waals surface area contributed by atoms with Gasteiger partial charge in [0.15, 0.2) is 0 Å². The van der Waals surface area contributed by atoms with Crippen molar-refractivity contribution in [3.8, 4) is 0 Å². The van der Waals surface area contributed by atoms with E-state index >= 15 is 0 Å². The van der Waals surface area contributed by atoms with E-state index in [2.05, 4.69) is 16.0 Å². The van der Waals surface area contributed by atoms with E-state index in [-0.39, 0.29) is 13.1 Å². The summed E-state index contributed by atoms with van der Waals surface area (Å²) in [5.41, 5.74) is 0.374. The fourth-order valence-corrected chi connectivity index (χ4v) is 2.09. The fraction of sp³-hybridized carbons (Fsp3) is 0.526. The number of aliphatic hydroxyl groups excluding tert-OH is 1. The van der Waals surface area contributed by atoms with Crippen LogP contribution in [0.1, 0.15) is 38.8 Å². The Kier molecular flexibility index (Phi) is 7.90. The van der Waals surface area contributed by atoms with Crippen molar-refractivity contribution in [1.82, 2.24) is 16.0 Å². The summed E-state index contributed by atoms with van der Waals surface area (Å²) in [6, 6.07) is 3.50. The molecule has 0 saturated heterocycles. The third-order valence-electron chi connectivity index (χ3n) is 3.84. The van der Waals surface area contributed by atoms with Gasteiger partial charge in [0, 0.05) is 17.5 Å². The van der Waals surface area contributed by atoms with Gasteiger partial charge < -0.3 is 21.1 Å². The van der Waals surface area contributed by atoms with Crippen LogP contribution in [-0.2, 0) is 20.9 Å². The van der Waals surface area contributed by atoms with E-state index < -0.39 is 41.1 Å². The van der Waals surface area contributed by atoms with Crippen LogP contribution in [0, 0.1) is 18.2 Å². The van der Waals surface area contributed by atoms with E-state index in [0.29, 0.717) is 5.56 Å². The van der Waals surface area contributed by atoms with E-state index in [9.17, 15) is 23.9 Å². The molecule has 0 aliphatic heterocycles. The second-order valence-electron chi connectivity index (χ2n) is 7.53. The highest BCUT2D eigenvalue weighted by Gasteiger charge is 2.30. The molecule has 7 nitrogen and oxygen atoms in total. The molecule has 0 radical (unpaired) electrons. The summed E-state index contributed by atoms with van der Waals surface area (Å²) in [6.07, 6.45) is -1.14. The van der Waals surface area contributed by atoms with Crippen LogP contribution in [0.25, 0.3) is 0 Å². The number of carbonyl (C=O) groups is 3. The summed E-state index contributed by atoms with van der Waals surface area (Å²) in [4.78, 5) is 36.1. The Hall–Kier alpha value is -2.48. The molecule has 0 spiro atoms. The van der Waals surface area contributed by atoms with Crippen molar-refractivity contribution in [1.29, 1.82) is 0 Å². The van der Waals surface area contributed by atoms with Crippen LogP contribution < -0.4 is 16.0 Å². The highest BCUT2D eigenvalue weighted by molar-refractivity contribution is 5.92. The van der Waals surface area contributed by atoms with Crippen molar-refractivity contribution < 1.29 is 23.9 Å². The lowest BCUT2D eigenvalue weighted by molar-refractivity contribution is -0.136. The van der Waals surface area contributed by atoms with Gasteiger partial charge in [-0.3, -0.25) is 14.4 Å². The van der Waals surface area contributed by atoms with Crippen molar-refractivity contribution in [2.75, 3.05) is 6.54 Å². The summed E-state index contributed by atoms with van der Waals surface area (Å²) >= 11 is 0. The van der Waals surface area contributed by atoms with E-state index in [1.165, 1.54) is 13.0 Å². The molecule has 0 unspecified atom stereocenters. The number of amides is 3. The molecule has 8 heteroatoms. The zero-order valence-corrected chi connectivity index (χ0v) is 16.4. The molecule has 0 heterocycles. The number of rotatable bonds is 7. The third kappa shape index (κ3) is 7.34. The third-order valence-corrected chi connectivity index (χ3v) is 3.84. The molecule has 3 amide bonds. The minimum Gasteiger partial charge on any atom is -0.391 e. The van der Waals surface area contributed by atoms with Crippen LogP contribution in [0.5, 0.6) is 0 Å². The summed E-state index contributed by atoms with van der Waals surface area (Å²) in [5, 5.41) is 17.1. The van der Waals surface area contributed by atoms with Crippen LogP contribution in [0.4, 0.5) is 4.39 Å². The Morgan fingerprint density at radius 2 is 1.81 bits per heavy atom. The first-order valence-electron chi connectivity index (χ1n) is 8.70. The standard InChI is InChI=1S/C19H28FN3O4/c1-11-6-7-13(14(20)8-11)9-21-15(25)10-22-17(26)16(12(2)24)23-18(27)19(3,4)5/h6-8,12,16,24H,9-10H2,1-5H3,(H,21,25)(H,22,26)(H,23,27)/t12-,16+/m1/s1. The monoisotopic (exact) mass is 381 g/mol. The van der Waals surface area contributed by atoms with Gasteiger partial charge in [-0.1, -0.05) is 32.9 Å². The Morgan fingerprint density at radius 3 is 2.33 bits per heavy atom. The lowest BCUT2D eigenvalue weighted by atomic mass is 9.95. The molecule has 1 rings (SSSR count). The molecule has 150 valence electrons. The molecule has 27 heavy (non-hydrogen) atoms. The summed E-state index contributed by atoms with van der Waals surface area (Å²) < 4.78 is 13.7. The number of nitrogens with one attached hydrogen (secondary N) is 3. The lowest BCUT2D eigenvalue weighted by Gasteiger charge is -2.25. The van der Waals surface area contributed by atoms with Gasteiger partial charge in [-0.15, -0.1) is 0 Å². The topological polar surface area (TPSA) is 108 Å². The normalized spacial score (nSPS) is 13.4. The van der Waals surface area contributed by atoms with Crippen LogP contribution in [0.3, 0.4) is 0 Å². The number of hydrogen-bond acceptors (Lipinski definition) is 4. The average Bonchev–Trinajstić information content (AvgIpc) is 2.55. The Balaban J connectivity index is 2.55. The SMILES string of the molecule is Cc1ccc(CNC(=O)CNC(=O)[C@@H](NC(=O)C(C)(C)C)[C@@H](C)O)c(F)c1. The lowest BCUT2D eigenvalue weighted by Crippen LogP contribution is -2.55. The minimum atomic E-state index is -1.18. The Labute approximate surface area is 158 Å². The predicted octanol–water partition coefficient (Wildman–Crippen LogP) is 0.778. The molecule has 0 saturated carbocycles. The largest absolute Gasteiger partial charge is 0.391 e. The first kappa shape index (κ1) is 22.6. The van der Waals surface area contributed by atoms with E-state index in [0.717, 1.165) is 5.56 Å². The molecule has 1 aromatic carbocycles. The molecule has 0 aliphatic rings. The van der Waals surface area contributed by atoms with Gasteiger partial charge in [0.2, 0.25) is 17.7 Å². The molecule has 2 atom stereocenters. The quantitative estimate of drug-likeness (QED) is 0.560. The van der Waals surface area contributed by atoms with Crippen LogP contribution in [0.2, 0.25) is 0 Å². The van der Waals surface area contributed by atoms with Gasteiger partial charge in [-0.25, -0.2) is 4.39 Å². The van der Waals surface area contributed by atoms with Gasteiger partial charge >= 0.3 is 0 Å². The number of benzene rings is 1. The molecular formula is C19H28FN3O4. The van der Waals surface area contributed by atoms with Crippen molar-refractivity contribution in [2.45, 2.75) is 53.3 Å². The maximum Gasteiger partial charge on any atom is 0.245 e. The van der Waals surface area contributed by atoms with Crippen molar-refractivity contribution >= 4 is 17.7 Å². The first-order valence-corrected chi connectivity index (χ1v) is 8.70. The Bertz CT molecular complexity index is 699. The van der Waals surface area contributed by atoms with Gasteiger partial charge in [-0.05, 0) is 25.5 Å². The van der Waals surface area contributed by atoms with Crippen LogP contribution in [0.15, 0.2) is 18.2 Å². The van der Waals surface area contributed by atoms with Crippen molar-refractivity contribution in [3.05, 3.63) is 35.1 Å². The van der Waals surface area contributed by atoms with Crippen molar-refractivity contribution in [2.24, 2.45) is 5.41 Å². The fourth-order valence-electron chi connectivity index (χ4n) is 2.09. The number of carbonyl (C=O) groups excluding carboxylic acids is 3. The molecule has 0 bridgehead atoms. The van der Waals surface area contributed by atoms with Crippen LogP contribution >= 0.6 is 0 Å². The minimum absolute atomic E-state index is 0.0125. The van der Waals surface area contributed by atoms with E-state index in [1.54, 1.807) is 39.8 Å². The summed E-state index contributed by atoms with van der Waals surface area (Å²) in [7, 11) is 0. The zero-order chi connectivity index (χ0) is 20.8. The van der Waals surface area contributed by atoms with E-state index in [1.807, 2.05) is 0 Å². The molecular weight excluding hydrogens is 353 g/mol. The molecule has 0 aliphatic carbocycles. The average molecular weight is 381 g/mol. The van der Waals surface area contributed by atoms with Crippen molar-refractivity contribution in [3.63, 3.8) is 0 Å². The summed E-state index contributed by atoms with van der Waals surface area (Å²) in [5.74, 6) is -2.02. The van der Waals surface area contributed by atoms with Crippen LogP contribution in [-0.4, -0.2) is 41.5 Å². The molecule has 0 aromatic heterocycles. The van der Waals surface area contributed by atoms with Gasteiger partial charge in [-0.2, -0.15) is 0 Å². The van der Waals surface area contributed by atoms with Gasteiger partial charge in [0.05, 0.1) is 12.6 Å². The molecule has 1 aromatic rings. The molecule has 0 fully saturated rings. The zero-order valence-electron chi connectivity index (χ0n) is 16.4. The number of hydrogen-bond donors (Lipinski definition) is 4. The van der Waals surface area contributed by atoms with E-state index in [4.69, 9.17) is 0 Å². The van der Waals surface area contributed by atoms with Gasteiger partial charge in [0.1, 0.15) is 11.9 Å².